The molecular weight excluding hydrogens is 185 g/mol. The second kappa shape index (κ2) is 3.47. The Morgan fingerprint density at radius 1 is 1.33 bits per heavy atom. The predicted molar refractivity (Wildman–Crippen MR) is 43.3 cm³/mol. The minimum atomic E-state index is -4.18. The van der Waals surface area contributed by atoms with E-state index >= 15 is 0 Å². The molecule has 0 aliphatic carbocycles. The van der Waals surface area contributed by atoms with Crippen molar-refractivity contribution in [2.75, 3.05) is 0 Å². The van der Waals surface area contributed by atoms with Gasteiger partial charge in [0.25, 0.3) is 0 Å². The zero-order chi connectivity index (χ0) is 9.19. The van der Waals surface area contributed by atoms with Crippen LogP contribution >= 0.6 is 11.3 Å². The Balaban J connectivity index is 2.91. The summed E-state index contributed by atoms with van der Waals surface area (Å²) in [6, 6.07) is 0. The molecule has 0 atom stereocenters. The topological polar surface area (TPSA) is 0 Å². The third kappa shape index (κ3) is 2.00. The molecule has 0 aliphatic rings. The zero-order valence-corrected chi connectivity index (χ0v) is 7.43. The molecular formula is C8H9F3S. The Hall–Kier alpha value is -0.510. The van der Waals surface area contributed by atoms with Crippen LogP contribution < -0.4 is 0 Å². The van der Waals surface area contributed by atoms with E-state index in [1.165, 1.54) is 5.38 Å². The fourth-order valence-electron chi connectivity index (χ4n) is 1.04. The monoisotopic (exact) mass is 194 g/mol. The Morgan fingerprint density at radius 3 is 2.50 bits per heavy atom. The van der Waals surface area contributed by atoms with E-state index < -0.39 is 11.7 Å². The van der Waals surface area contributed by atoms with Crippen LogP contribution in [0.1, 0.15) is 24.5 Å². The second-order valence-electron chi connectivity index (χ2n) is 2.56. The third-order valence-electron chi connectivity index (χ3n) is 1.57. The lowest BCUT2D eigenvalue weighted by Crippen LogP contribution is -2.06. The molecule has 1 heterocycles. The smallest absolute Gasteiger partial charge is 0.166 e. The predicted octanol–water partition coefficient (Wildman–Crippen LogP) is 3.72. The lowest BCUT2D eigenvalue weighted by molar-refractivity contribution is -0.137. The molecule has 0 saturated carbocycles. The fraction of sp³-hybridized carbons (Fsp3) is 0.500. The summed E-state index contributed by atoms with van der Waals surface area (Å²) in [5.41, 5.74) is -0.0376. The van der Waals surface area contributed by atoms with Crippen LogP contribution in [0.15, 0.2) is 10.8 Å². The van der Waals surface area contributed by atoms with Crippen molar-refractivity contribution in [2.24, 2.45) is 0 Å². The average Bonchev–Trinajstić information content (AvgIpc) is 2.34. The van der Waals surface area contributed by atoms with Crippen molar-refractivity contribution < 1.29 is 13.2 Å². The van der Waals surface area contributed by atoms with E-state index in [1.54, 1.807) is 5.38 Å². The van der Waals surface area contributed by atoms with Gasteiger partial charge in [0.05, 0.1) is 5.56 Å². The lowest BCUT2D eigenvalue weighted by Gasteiger charge is -2.06. The van der Waals surface area contributed by atoms with Gasteiger partial charge in [0.15, 0.2) is 0 Å². The van der Waals surface area contributed by atoms with Crippen LogP contribution in [0.4, 0.5) is 13.2 Å². The van der Waals surface area contributed by atoms with Gasteiger partial charge < -0.3 is 0 Å². The number of aryl methyl sites for hydroxylation is 1. The van der Waals surface area contributed by atoms with Crippen LogP contribution in [-0.2, 0) is 12.6 Å². The summed E-state index contributed by atoms with van der Waals surface area (Å²) >= 11 is 1.11. The Kier molecular flexibility index (Phi) is 2.77. The molecule has 4 heteroatoms. The maximum absolute atomic E-state index is 12.2. The summed E-state index contributed by atoms with van der Waals surface area (Å²) in [4.78, 5) is 0. The Labute approximate surface area is 73.0 Å². The largest absolute Gasteiger partial charge is 0.417 e. The summed E-state index contributed by atoms with van der Waals surface area (Å²) in [5.74, 6) is 0. The number of hydrogen-bond acceptors (Lipinski definition) is 1. The van der Waals surface area contributed by atoms with Gasteiger partial charge in [0.1, 0.15) is 0 Å². The van der Waals surface area contributed by atoms with Gasteiger partial charge >= 0.3 is 6.18 Å². The van der Waals surface area contributed by atoms with E-state index in [2.05, 4.69) is 0 Å². The number of hydrogen-bond donors (Lipinski definition) is 0. The van der Waals surface area contributed by atoms with Gasteiger partial charge in [0, 0.05) is 5.38 Å². The number of halogens is 3. The molecule has 1 aromatic heterocycles. The Bertz CT molecular complexity index is 249. The third-order valence-corrected chi connectivity index (χ3v) is 2.36. The van der Waals surface area contributed by atoms with Crippen LogP contribution in [0.3, 0.4) is 0 Å². The SMILES string of the molecule is CCCc1cscc1C(F)(F)F. The van der Waals surface area contributed by atoms with Crippen LogP contribution in [0, 0.1) is 0 Å². The second-order valence-corrected chi connectivity index (χ2v) is 3.30. The number of rotatable bonds is 2. The van der Waals surface area contributed by atoms with Gasteiger partial charge in [-0.15, -0.1) is 0 Å². The minimum absolute atomic E-state index is 0.426. The molecule has 0 radical (unpaired) electrons. The summed E-state index contributed by atoms with van der Waals surface area (Å²) < 4.78 is 36.6. The highest BCUT2D eigenvalue weighted by atomic mass is 32.1. The summed E-state index contributed by atoms with van der Waals surface area (Å²) in [7, 11) is 0. The molecule has 0 amide bonds. The molecule has 1 aromatic rings. The van der Waals surface area contributed by atoms with Gasteiger partial charge in [-0.1, -0.05) is 13.3 Å². The van der Waals surface area contributed by atoms with Crippen LogP contribution in [-0.4, -0.2) is 0 Å². The van der Waals surface area contributed by atoms with Crippen molar-refractivity contribution in [1.29, 1.82) is 0 Å². The first-order valence-corrected chi connectivity index (χ1v) is 4.62. The maximum atomic E-state index is 12.2. The van der Waals surface area contributed by atoms with Crippen molar-refractivity contribution >= 4 is 11.3 Å². The number of alkyl halides is 3. The highest BCUT2D eigenvalue weighted by Crippen LogP contribution is 2.34. The Morgan fingerprint density at radius 2 is 2.00 bits per heavy atom. The van der Waals surface area contributed by atoms with Crippen molar-refractivity contribution in [3.05, 3.63) is 21.9 Å². The van der Waals surface area contributed by atoms with Gasteiger partial charge in [0.2, 0.25) is 0 Å². The fourth-order valence-corrected chi connectivity index (χ4v) is 1.93. The van der Waals surface area contributed by atoms with E-state index in [-0.39, 0.29) is 0 Å². The van der Waals surface area contributed by atoms with Crippen LogP contribution in [0.2, 0.25) is 0 Å². The van der Waals surface area contributed by atoms with E-state index in [4.69, 9.17) is 0 Å². The summed E-state index contributed by atoms with van der Waals surface area (Å²) in [6.45, 7) is 1.87. The van der Waals surface area contributed by atoms with Crippen molar-refractivity contribution in [1.82, 2.24) is 0 Å². The van der Waals surface area contributed by atoms with E-state index in [1.807, 2.05) is 6.92 Å². The van der Waals surface area contributed by atoms with Gasteiger partial charge in [-0.2, -0.15) is 24.5 Å². The normalized spacial score (nSPS) is 12.0. The summed E-state index contributed by atoms with van der Waals surface area (Å²) in [6.07, 6.45) is -2.91. The molecule has 0 spiro atoms. The molecule has 68 valence electrons. The molecule has 0 saturated heterocycles. The van der Waals surface area contributed by atoms with E-state index in [0.717, 1.165) is 17.8 Å². The highest BCUT2D eigenvalue weighted by Gasteiger charge is 2.33. The van der Waals surface area contributed by atoms with Crippen LogP contribution in [0.5, 0.6) is 0 Å². The van der Waals surface area contributed by atoms with Crippen molar-refractivity contribution in [3.8, 4) is 0 Å². The first-order valence-electron chi connectivity index (χ1n) is 3.68. The quantitative estimate of drug-likeness (QED) is 0.673. The lowest BCUT2D eigenvalue weighted by atomic mass is 10.1. The first-order chi connectivity index (χ1) is 5.55. The standard InChI is InChI=1S/C8H9F3S/c1-2-3-6-4-12-5-7(6)8(9,10)11/h4-5H,2-3H2,1H3. The molecule has 0 N–H and O–H groups in total. The van der Waals surface area contributed by atoms with Gasteiger partial charge in [-0.05, 0) is 17.4 Å². The molecule has 12 heavy (non-hydrogen) atoms. The first kappa shape index (κ1) is 9.58. The highest BCUT2D eigenvalue weighted by molar-refractivity contribution is 7.08. The maximum Gasteiger partial charge on any atom is 0.417 e. The van der Waals surface area contributed by atoms with Crippen molar-refractivity contribution in [2.45, 2.75) is 25.9 Å². The van der Waals surface area contributed by atoms with E-state index in [9.17, 15) is 13.2 Å². The minimum Gasteiger partial charge on any atom is -0.166 e. The van der Waals surface area contributed by atoms with Crippen LogP contribution in [0.25, 0.3) is 0 Å². The van der Waals surface area contributed by atoms with Gasteiger partial charge in [-0.3, -0.25) is 0 Å². The molecule has 0 fully saturated rings. The van der Waals surface area contributed by atoms with Gasteiger partial charge in [-0.25, -0.2) is 0 Å². The molecule has 1 rings (SSSR count). The zero-order valence-electron chi connectivity index (χ0n) is 6.61. The molecule has 0 aromatic carbocycles. The molecule has 0 aliphatic heterocycles. The summed E-state index contributed by atoms with van der Waals surface area (Å²) in [5, 5.41) is 2.75. The molecule has 0 nitrogen and oxygen atoms in total. The molecule has 0 bridgehead atoms. The van der Waals surface area contributed by atoms with Crippen molar-refractivity contribution in [3.63, 3.8) is 0 Å². The van der Waals surface area contributed by atoms with E-state index in [0.29, 0.717) is 12.0 Å². The average molecular weight is 194 g/mol. The number of thiophene rings is 1. The molecule has 0 unspecified atom stereocenters.